The molecule has 0 aromatic heterocycles. The molecule has 1 aromatic rings. The Morgan fingerprint density at radius 1 is 1.14 bits per heavy atom. The second kappa shape index (κ2) is 8.30. The standard InChI is InChI=1S/C9H11Si.3CH3.Sn/c1-3-10(2)9-7-5-4-6-8-9;;;;/h3-8H,1H2,2H3;3*1H3;. The van der Waals surface area contributed by atoms with Gasteiger partial charge in [0.1, 0.15) is 8.80 Å². The van der Waals surface area contributed by atoms with E-state index in [1.54, 1.807) is 0 Å². The van der Waals surface area contributed by atoms with Crippen LogP contribution in [0, 0.1) is 0 Å². The quantitative estimate of drug-likeness (QED) is 0.736. The van der Waals surface area contributed by atoms with Gasteiger partial charge in [0, 0.05) is 0 Å². The van der Waals surface area contributed by atoms with Gasteiger partial charge in [-0.15, -0.1) is 6.58 Å². The molecule has 1 rings (SSSR count). The first-order valence-corrected chi connectivity index (χ1v) is 15.5. The van der Waals surface area contributed by atoms with Gasteiger partial charge in [-0.2, -0.15) is 0 Å². The fourth-order valence-corrected chi connectivity index (χ4v) is 1.77. The van der Waals surface area contributed by atoms with E-state index in [2.05, 4.69) is 57.9 Å². The van der Waals surface area contributed by atoms with E-state index in [0.717, 1.165) is 0 Å². The number of hydrogen-bond acceptors (Lipinski definition) is 0. The van der Waals surface area contributed by atoms with Crippen molar-refractivity contribution in [3.63, 3.8) is 0 Å². The Balaban J connectivity index is 0.000000364. The molecule has 0 spiro atoms. The van der Waals surface area contributed by atoms with Crippen LogP contribution in [-0.4, -0.2) is 28.6 Å². The molecule has 0 unspecified atom stereocenters. The fraction of sp³-hybridized carbons (Fsp3) is 0.333. The Morgan fingerprint density at radius 2 is 1.57 bits per heavy atom. The Labute approximate surface area is 97.4 Å². The predicted molar refractivity (Wildman–Crippen MR) is 71.2 cm³/mol. The van der Waals surface area contributed by atoms with Crippen LogP contribution in [0.1, 0.15) is 0 Å². The Morgan fingerprint density at radius 3 is 1.93 bits per heavy atom. The van der Waals surface area contributed by atoms with E-state index in [9.17, 15) is 0 Å². The average Bonchev–Trinajstić information content (AvgIpc) is 2.17. The molecule has 0 saturated carbocycles. The molecule has 0 aliphatic carbocycles. The predicted octanol–water partition coefficient (Wildman–Crippen LogP) is 3.11. The van der Waals surface area contributed by atoms with Crippen LogP contribution in [0.25, 0.3) is 0 Å². The Bertz CT molecular complexity index is 241. The first-order chi connectivity index (χ1) is 6.57. The summed E-state index contributed by atoms with van der Waals surface area (Å²) >= 11 is -0.543. The van der Waals surface area contributed by atoms with Gasteiger partial charge in [-0.1, -0.05) is 47.8 Å². The Hall–Kier alpha value is -0.0244. The van der Waals surface area contributed by atoms with Crippen LogP contribution in [0.3, 0.4) is 0 Å². The third-order valence-corrected chi connectivity index (χ3v) is 3.39. The van der Waals surface area contributed by atoms with Crippen molar-refractivity contribution in [1.29, 1.82) is 0 Å². The molecule has 0 bridgehead atoms. The summed E-state index contributed by atoms with van der Waals surface area (Å²) in [6, 6.07) is 10.5. The van der Waals surface area contributed by atoms with Crippen LogP contribution < -0.4 is 5.19 Å². The first-order valence-electron chi connectivity index (χ1n) is 4.86. The molecule has 0 aliphatic rings. The molecule has 0 N–H and O–H groups in total. The van der Waals surface area contributed by atoms with Gasteiger partial charge in [0.15, 0.2) is 0 Å². The van der Waals surface area contributed by atoms with Crippen LogP contribution in [0.4, 0.5) is 0 Å². The van der Waals surface area contributed by atoms with Crippen molar-refractivity contribution < 1.29 is 0 Å². The second-order valence-corrected chi connectivity index (χ2v) is 14.7. The normalized spacial score (nSPS) is 9.57. The van der Waals surface area contributed by atoms with E-state index in [0.29, 0.717) is 0 Å². The summed E-state index contributed by atoms with van der Waals surface area (Å²) < 4.78 is 0. The summed E-state index contributed by atoms with van der Waals surface area (Å²) in [4.78, 5) is 7.09. The summed E-state index contributed by atoms with van der Waals surface area (Å²) in [5, 5.41) is 1.43. The molecule has 0 heterocycles. The van der Waals surface area contributed by atoms with E-state index < -0.39 is 28.6 Å². The van der Waals surface area contributed by atoms with Crippen molar-refractivity contribution in [2.24, 2.45) is 0 Å². The zero-order chi connectivity index (χ0) is 11.0. The third-order valence-electron chi connectivity index (χ3n) is 1.54. The van der Waals surface area contributed by atoms with Gasteiger partial charge in [0.05, 0.1) is 0 Å². The molecule has 0 nitrogen and oxygen atoms in total. The number of rotatable bonds is 2. The van der Waals surface area contributed by atoms with Gasteiger partial charge in [-0.05, 0) is 0 Å². The molecule has 76 valence electrons. The maximum absolute atomic E-state index is 3.78. The van der Waals surface area contributed by atoms with Crippen molar-refractivity contribution in [3.05, 3.63) is 42.6 Å². The van der Waals surface area contributed by atoms with Gasteiger partial charge >= 0.3 is 34.6 Å². The molecule has 0 atom stereocenters. The third kappa shape index (κ3) is 7.39. The molecule has 0 aliphatic heterocycles. The second-order valence-electron chi connectivity index (χ2n) is 3.75. The van der Waals surface area contributed by atoms with Crippen molar-refractivity contribution in [2.45, 2.75) is 21.4 Å². The van der Waals surface area contributed by atoms with E-state index in [1.807, 2.05) is 6.07 Å². The van der Waals surface area contributed by atoms with E-state index in [1.165, 1.54) is 5.19 Å². The topological polar surface area (TPSA) is 0 Å². The molecule has 0 saturated heterocycles. The van der Waals surface area contributed by atoms with Crippen molar-refractivity contribution in [1.82, 2.24) is 0 Å². The van der Waals surface area contributed by atoms with Crippen LogP contribution in [0.2, 0.25) is 21.4 Å². The zero-order valence-electron chi connectivity index (χ0n) is 9.67. The number of hydrogen-bond donors (Lipinski definition) is 0. The summed E-state index contributed by atoms with van der Waals surface area (Å²) in [6.07, 6.45) is 0. The summed E-state index contributed by atoms with van der Waals surface area (Å²) in [5.41, 5.74) is 2.06. The SMILES string of the molecule is C=C[Si](C)c1ccccc1.[CH3][Sn]([CH3])[CH3]. The van der Waals surface area contributed by atoms with Crippen molar-refractivity contribution in [2.75, 3.05) is 0 Å². The van der Waals surface area contributed by atoms with Gasteiger partial charge in [-0.3, -0.25) is 0 Å². The molecular formula is C12H20SiSn. The minimum atomic E-state index is -0.543. The molecular weight excluding hydrogens is 291 g/mol. The number of benzene rings is 1. The first kappa shape index (κ1) is 14.0. The molecule has 2 radical (unpaired) electrons. The van der Waals surface area contributed by atoms with Crippen molar-refractivity contribution in [3.8, 4) is 0 Å². The van der Waals surface area contributed by atoms with E-state index in [4.69, 9.17) is 0 Å². The summed E-state index contributed by atoms with van der Waals surface area (Å²) in [6.45, 7) is 6.03. The summed E-state index contributed by atoms with van der Waals surface area (Å²) in [5.74, 6) is 0. The van der Waals surface area contributed by atoms with E-state index in [-0.39, 0.29) is 0 Å². The molecule has 1 aromatic carbocycles. The fourth-order valence-electron chi connectivity index (χ4n) is 0.819. The van der Waals surface area contributed by atoms with E-state index >= 15 is 0 Å². The minimum absolute atomic E-state index is 0.443. The van der Waals surface area contributed by atoms with Gasteiger partial charge in [-0.25, -0.2) is 0 Å². The molecule has 2 heteroatoms. The van der Waals surface area contributed by atoms with Gasteiger partial charge in [0.2, 0.25) is 0 Å². The summed E-state index contributed by atoms with van der Waals surface area (Å²) in [7, 11) is -0.443. The van der Waals surface area contributed by atoms with Gasteiger partial charge in [0.25, 0.3) is 0 Å². The molecule has 0 amide bonds. The van der Waals surface area contributed by atoms with Crippen LogP contribution in [-0.2, 0) is 0 Å². The van der Waals surface area contributed by atoms with Crippen LogP contribution in [0.15, 0.2) is 42.6 Å². The monoisotopic (exact) mass is 312 g/mol. The molecule has 14 heavy (non-hydrogen) atoms. The van der Waals surface area contributed by atoms with Crippen LogP contribution >= 0.6 is 0 Å². The maximum atomic E-state index is 3.78. The Kier molecular flexibility index (Phi) is 8.28. The average molecular weight is 311 g/mol. The zero-order valence-corrected chi connectivity index (χ0v) is 13.5. The van der Waals surface area contributed by atoms with Crippen LogP contribution in [0.5, 0.6) is 0 Å². The van der Waals surface area contributed by atoms with Crippen molar-refractivity contribution >= 4 is 33.7 Å². The molecule has 0 fully saturated rings. The van der Waals surface area contributed by atoms with Gasteiger partial charge < -0.3 is 0 Å².